The molecule has 0 spiro atoms. The smallest absolute Gasteiger partial charge is 0.194 e. The fourth-order valence-corrected chi connectivity index (χ4v) is 6.29. The first-order chi connectivity index (χ1) is 22.8. The van der Waals surface area contributed by atoms with Crippen LogP contribution in [-0.4, -0.2) is 9.97 Å². The monoisotopic (exact) mass is 585 g/mol. The molecule has 0 amide bonds. The number of nitrogens with zero attached hydrogens (tertiary/aromatic N) is 3. The van der Waals surface area contributed by atoms with E-state index in [1.165, 1.54) is 16.3 Å². The summed E-state index contributed by atoms with van der Waals surface area (Å²) < 4.78 is 0. The first kappa shape index (κ1) is 27.2. The van der Waals surface area contributed by atoms with E-state index in [4.69, 9.17) is 16.5 Å². The number of benzene rings is 7. The maximum Gasteiger partial charge on any atom is 0.194 e. The minimum Gasteiger partial charge on any atom is -0.238 e. The van der Waals surface area contributed by atoms with E-state index in [-0.39, 0.29) is 0 Å². The molecule has 0 saturated heterocycles. The largest absolute Gasteiger partial charge is 0.238 e. The Hall–Kier alpha value is -6.37. The third-order valence-electron chi connectivity index (χ3n) is 8.56. The van der Waals surface area contributed by atoms with Gasteiger partial charge in [-0.15, -0.1) is 0 Å². The van der Waals surface area contributed by atoms with Gasteiger partial charge in [0, 0.05) is 16.7 Å². The zero-order valence-corrected chi connectivity index (χ0v) is 24.9. The maximum absolute atomic E-state index is 7.64. The summed E-state index contributed by atoms with van der Waals surface area (Å²) in [4.78, 5) is 13.7. The number of hydrogen-bond acceptors (Lipinski definition) is 2. The van der Waals surface area contributed by atoms with Crippen LogP contribution in [0.1, 0.15) is 0 Å². The number of aromatic nitrogens is 2. The molecule has 1 aromatic heterocycles. The molecule has 0 radical (unpaired) electrons. The van der Waals surface area contributed by atoms with Crippen LogP contribution in [-0.2, 0) is 0 Å². The number of hydrogen-bond donors (Lipinski definition) is 0. The number of fused-ring (bicyclic) bond motifs is 2. The second-order valence-corrected chi connectivity index (χ2v) is 11.3. The molecule has 214 valence electrons. The summed E-state index contributed by atoms with van der Waals surface area (Å²) in [5.41, 5.74) is 10.1. The van der Waals surface area contributed by atoms with Gasteiger partial charge in [-0.1, -0.05) is 158 Å². The first-order valence-corrected chi connectivity index (χ1v) is 15.3. The Labute approximate surface area is 267 Å². The summed E-state index contributed by atoms with van der Waals surface area (Å²) in [5.74, 6) is 0.708. The molecule has 8 rings (SSSR count). The summed E-state index contributed by atoms with van der Waals surface area (Å²) in [6, 6.07) is 56.4. The van der Waals surface area contributed by atoms with Crippen LogP contribution < -0.4 is 0 Å². The van der Waals surface area contributed by atoms with Crippen LogP contribution in [0.25, 0.3) is 82.5 Å². The normalized spacial score (nSPS) is 11.0. The Kier molecular flexibility index (Phi) is 6.87. The highest BCUT2D eigenvalue weighted by Crippen LogP contribution is 2.41. The quantitative estimate of drug-likeness (QED) is 0.188. The van der Waals surface area contributed by atoms with Gasteiger partial charge >= 0.3 is 0 Å². The van der Waals surface area contributed by atoms with Crippen molar-refractivity contribution < 1.29 is 0 Å². The minimum atomic E-state index is 0.677. The van der Waals surface area contributed by atoms with Crippen LogP contribution in [0.2, 0.25) is 0 Å². The molecule has 8 aromatic rings. The SMILES string of the molecule is [C-]#[N+]c1ccc(-c2ccc(-c3ccc(-c4cc(-c5ccccc5)nc(-c5ccccc5)n4)cc3)c3ccccc23)c2ccccc12. The van der Waals surface area contributed by atoms with Crippen LogP contribution >= 0.6 is 0 Å². The first-order valence-electron chi connectivity index (χ1n) is 15.3. The Morgan fingerprint density at radius 1 is 0.370 bits per heavy atom. The van der Waals surface area contributed by atoms with E-state index in [1.54, 1.807) is 0 Å². The third kappa shape index (κ3) is 4.89. The second kappa shape index (κ2) is 11.6. The van der Waals surface area contributed by atoms with Crippen LogP contribution in [0.15, 0.2) is 164 Å². The molecule has 1 heterocycles. The van der Waals surface area contributed by atoms with Crippen molar-refractivity contribution in [2.75, 3.05) is 0 Å². The van der Waals surface area contributed by atoms with Gasteiger partial charge in [0.25, 0.3) is 0 Å². The molecule has 0 atom stereocenters. The van der Waals surface area contributed by atoms with Crippen molar-refractivity contribution in [3.63, 3.8) is 0 Å². The lowest BCUT2D eigenvalue weighted by molar-refractivity contribution is 1.18. The van der Waals surface area contributed by atoms with Crippen molar-refractivity contribution >= 4 is 27.2 Å². The molecule has 46 heavy (non-hydrogen) atoms. The highest BCUT2D eigenvalue weighted by atomic mass is 14.9. The highest BCUT2D eigenvalue weighted by Gasteiger charge is 2.14. The summed E-state index contributed by atoms with van der Waals surface area (Å²) >= 11 is 0. The molecule has 3 nitrogen and oxygen atoms in total. The average Bonchev–Trinajstić information content (AvgIpc) is 3.14. The predicted molar refractivity (Wildman–Crippen MR) is 190 cm³/mol. The predicted octanol–water partition coefficient (Wildman–Crippen LogP) is 11.7. The van der Waals surface area contributed by atoms with Crippen molar-refractivity contribution in [1.29, 1.82) is 0 Å². The van der Waals surface area contributed by atoms with Gasteiger partial charge in [-0.2, -0.15) is 0 Å². The lowest BCUT2D eigenvalue weighted by Gasteiger charge is -2.15. The lowest BCUT2D eigenvalue weighted by atomic mass is 9.89. The molecule has 0 bridgehead atoms. The maximum atomic E-state index is 7.64. The average molecular weight is 586 g/mol. The molecule has 0 fully saturated rings. The van der Waals surface area contributed by atoms with Crippen LogP contribution in [0.4, 0.5) is 5.69 Å². The van der Waals surface area contributed by atoms with Gasteiger partial charge in [-0.05, 0) is 49.9 Å². The topological polar surface area (TPSA) is 30.1 Å². The van der Waals surface area contributed by atoms with Gasteiger partial charge in [0.05, 0.1) is 18.0 Å². The molecule has 0 aliphatic carbocycles. The minimum absolute atomic E-state index is 0.677. The molecule has 0 saturated carbocycles. The van der Waals surface area contributed by atoms with Gasteiger partial charge in [-0.25, -0.2) is 14.8 Å². The fraction of sp³-hybridized carbons (Fsp3) is 0. The standard InChI is InChI=1S/C43H27N3/c1-44-40-27-26-38(36-18-10-11-19-39(36)40)37-25-24-33(34-16-8-9-17-35(34)37)29-20-22-31(23-21-29)42-28-41(30-12-4-2-5-13-30)45-43(46-42)32-14-6-3-7-15-32/h2-28H. The Balaban J connectivity index is 1.22. The summed E-state index contributed by atoms with van der Waals surface area (Å²) in [5, 5.41) is 4.44. The molecule has 0 aliphatic heterocycles. The molecule has 3 heteroatoms. The van der Waals surface area contributed by atoms with E-state index in [2.05, 4.69) is 95.8 Å². The van der Waals surface area contributed by atoms with E-state index >= 15 is 0 Å². The lowest BCUT2D eigenvalue weighted by Crippen LogP contribution is -1.95. The zero-order valence-electron chi connectivity index (χ0n) is 24.9. The molecule has 7 aromatic carbocycles. The Bertz CT molecular complexity index is 2350. The van der Waals surface area contributed by atoms with Gasteiger partial charge in [0.15, 0.2) is 11.5 Å². The number of rotatable bonds is 5. The highest BCUT2D eigenvalue weighted by molar-refractivity contribution is 6.11. The van der Waals surface area contributed by atoms with Crippen molar-refractivity contribution in [2.45, 2.75) is 0 Å². The summed E-state index contributed by atoms with van der Waals surface area (Å²) in [6.45, 7) is 7.64. The van der Waals surface area contributed by atoms with Crippen LogP contribution in [0.3, 0.4) is 0 Å². The molecular formula is C43H27N3. The molecule has 0 unspecified atom stereocenters. The summed E-state index contributed by atoms with van der Waals surface area (Å²) in [7, 11) is 0. The van der Waals surface area contributed by atoms with Gasteiger partial charge < -0.3 is 0 Å². The molecule has 0 N–H and O–H groups in total. The molecular weight excluding hydrogens is 558 g/mol. The van der Waals surface area contributed by atoms with E-state index in [0.29, 0.717) is 11.5 Å². The van der Waals surface area contributed by atoms with Gasteiger partial charge in [-0.3, -0.25) is 0 Å². The van der Waals surface area contributed by atoms with Crippen LogP contribution in [0, 0.1) is 6.57 Å². The molecule has 0 aliphatic rings. The van der Waals surface area contributed by atoms with E-state index in [1.807, 2.05) is 72.8 Å². The fourth-order valence-electron chi connectivity index (χ4n) is 6.29. The van der Waals surface area contributed by atoms with Crippen molar-refractivity contribution in [3.05, 3.63) is 175 Å². The zero-order chi connectivity index (χ0) is 30.9. The Morgan fingerprint density at radius 2 is 0.804 bits per heavy atom. The summed E-state index contributed by atoms with van der Waals surface area (Å²) in [6.07, 6.45) is 0. The van der Waals surface area contributed by atoms with E-state index in [0.717, 1.165) is 55.5 Å². The van der Waals surface area contributed by atoms with E-state index in [9.17, 15) is 0 Å². The van der Waals surface area contributed by atoms with Crippen molar-refractivity contribution in [3.8, 4) is 56.2 Å². The van der Waals surface area contributed by atoms with Crippen LogP contribution in [0.5, 0.6) is 0 Å². The second-order valence-electron chi connectivity index (χ2n) is 11.3. The van der Waals surface area contributed by atoms with E-state index < -0.39 is 0 Å². The Morgan fingerprint density at radius 3 is 1.41 bits per heavy atom. The van der Waals surface area contributed by atoms with Crippen molar-refractivity contribution in [2.24, 2.45) is 0 Å². The van der Waals surface area contributed by atoms with Crippen molar-refractivity contribution in [1.82, 2.24) is 9.97 Å². The third-order valence-corrected chi connectivity index (χ3v) is 8.56. The van der Waals surface area contributed by atoms with Gasteiger partial charge in [0.1, 0.15) is 0 Å². The van der Waals surface area contributed by atoms with Gasteiger partial charge in [0.2, 0.25) is 0 Å².